The van der Waals surface area contributed by atoms with Gasteiger partial charge >= 0.3 is 0 Å². The maximum atomic E-state index is 14.5. The van der Waals surface area contributed by atoms with Crippen LogP contribution in [0.1, 0.15) is 64.1 Å². The molecule has 13 heteroatoms. The van der Waals surface area contributed by atoms with E-state index < -0.39 is 52.6 Å². The summed E-state index contributed by atoms with van der Waals surface area (Å²) in [5.74, 6) is -11.4. The zero-order chi connectivity index (χ0) is 30.7. The fourth-order valence-electron chi connectivity index (χ4n) is 5.40. The molecule has 5 aromatic rings. The van der Waals surface area contributed by atoms with Crippen molar-refractivity contribution in [3.05, 3.63) is 106 Å². The first kappa shape index (κ1) is 28.2. The average Bonchev–Trinajstić information content (AvgIpc) is 3.67. The fraction of sp³-hybridized carbons (Fsp3) is 0.233. The molecule has 1 unspecified atom stereocenters. The van der Waals surface area contributed by atoms with Crippen molar-refractivity contribution in [1.29, 1.82) is 0 Å². The molecular weight excluding hydrogens is 571 g/mol. The highest BCUT2D eigenvalue weighted by atomic mass is 19.2. The van der Waals surface area contributed by atoms with Gasteiger partial charge in [-0.15, -0.1) is 5.10 Å². The quantitative estimate of drug-likeness (QED) is 0.0991. The number of imidazole rings is 1. The molecule has 0 radical (unpaired) electrons. The summed E-state index contributed by atoms with van der Waals surface area (Å²) < 4.78 is 72.4. The molecule has 0 N–H and O–H groups in total. The van der Waals surface area contributed by atoms with Crippen LogP contribution >= 0.6 is 0 Å². The van der Waals surface area contributed by atoms with Crippen LogP contribution in [0.3, 0.4) is 0 Å². The fourth-order valence-corrected chi connectivity index (χ4v) is 5.40. The van der Waals surface area contributed by atoms with Crippen LogP contribution in [-0.4, -0.2) is 41.3 Å². The minimum atomic E-state index is -2.28. The third kappa shape index (κ3) is 4.37. The summed E-state index contributed by atoms with van der Waals surface area (Å²) in [4.78, 5) is 33.3. The summed E-state index contributed by atoms with van der Waals surface area (Å²) in [5.41, 5.74) is 1.38. The van der Waals surface area contributed by atoms with Crippen LogP contribution < -0.4 is 0 Å². The molecule has 2 aromatic heterocycles. The van der Waals surface area contributed by atoms with Crippen LogP contribution in [-0.2, 0) is 6.54 Å². The molecule has 8 nitrogen and oxygen atoms in total. The zero-order valence-corrected chi connectivity index (χ0v) is 23.1. The molecule has 0 spiro atoms. The average molecular weight is 595 g/mol. The Morgan fingerprint density at radius 2 is 1.51 bits per heavy atom. The largest absolute Gasteiger partial charge is 0.320 e. The van der Waals surface area contributed by atoms with Gasteiger partial charge in [-0.1, -0.05) is 49.2 Å². The van der Waals surface area contributed by atoms with Crippen LogP contribution in [0, 0.1) is 41.9 Å². The van der Waals surface area contributed by atoms with Crippen molar-refractivity contribution in [3.63, 3.8) is 0 Å². The first-order chi connectivity index (χ1) is 20.5. The molecule has 0 fully saturated rings. The van der Waals surface area contributed by atoms with Gasteiger partial charge in [-0.25, -0.2) is 31.6 Å². The monoisotopic (exact) mass is 594 g/mol. The lowest BCUT2D eigenvalue weighted by atomic mass is 9.96. The molecule has 6 rings (SSSR count). The van der Waals surface area contributed by atoms with Crippen LogP contribution in [0.2, 0.25) is 0 Å². The van der Waals surface area contributed by atoms with Gasteiger partial charge in [0.25, 0.3) is 11.8 Å². The summed E-state index contributed by atoms with van der Waals surface area (Å²) in [6.07, 6.45) is 1.62. The van der Waals surface area contributed by atoms with Crippen LogP contribution in [0.25, 0.3) is 16.7 Å². The molecule has 220 valence electrons. The number of carbonyl (C=O) groups is 2. The molecule has 2 atom stereocenters. The number of aryl methyl sites for hydroxylation is 1. The van der Waals surface area contributed by atoms with E-state index in [9.17, 15) is 31.5 Å². The SMILES string of the molecule is CCC(C)[C@H](c1nc2ccccc2n1Cc1cn(-c2c(F)c(F)c(F)c(F)c2F)nn1)N1C(=O)c2ccc(C)cc2C1=O. The highest BCUT2D eigenvalue weighted by Crippen LogP contribution is 2.38. The van der Waals surface area contributed by atoms with Gasteiger partial charge in [-0.3, -0.25) is 14.5 Å². The lowest BCUT2D eigenvalue weighted by molar-refractivity contribution is 0.0514. The first-order valence-corrected chi connectivity index (χ1v) is 13.4. The number of hydrogen-bond donors (Lipinski definition) is 0. The van der Waals surface area contributed by atoms with E-state index in [0.717, 1.165) is 11.8 Å². The highest BCUT2D eigenvalue weighted by molar-refractivity contribution is 6.21. The van der Waals surface area contributed by atoms with Gasteiger partial charge in [0, 0.05) is 0 Å². The van der Waals surface area contributed by atoms with E-state index in [1.165, 1.54) is 4.90 Å². The second-order valence-corrected chi connectivity index (χ2v) is 10.5. The predicted molar refractivity (Wildman–Crippen MR) is 144 cm³/mol. The second kappa shape index (κ2) is 10.4. The minimum absolute atomic E-state index is 0.0919. The van der Waals surface area contributed by atoms with Crippen molar-refractivity contribution in [2.75, 3.05) is 0 Å². The van der Waals surface area contributed by atoms with Crippen molar-refractivity contribution in [1.82, 2.24) is 29.4 Å². The number of halogens is 5. The van der Waals surface area contributed by atoms with Crippen LogP contribution in [0.15, 0.2) is 48.7 Å². The number of hydrogen-bond acceptors (Lipinski definition) is 5. The summed E-state index contributed by atoms with van der Waals surface area (Å²) >= 11 is 0. The van der Waals surface area contributed by atoms with E-state index in [1.54, 1.807) is 47.0 Å². The van der Waals surface area contributed by atoms with Crippen LogP contribution in [0.4, 0.5) is 22.0 Å². The van der Waals surface area contributed by atoms with E-state index in [0.29, 0.717) is 33.5 Å². The number of aromatic nitrogens is 5. The number of fused-ring (bicyclic) bond motifs is 2. The molecule has 1 aliphatic heterocycles. The van der Waals surface area contributed by atoms with Gasteiger partial charge in [-0.05, 0) is 37.1 Å². The number of amides is 2. The Kier molecular flexibility index (Phi) is 6.82. The van der Waals surface area contributed by atoms with E-state index in [1.807, 2.05) is 20.8 Å². The molecule has 3 aromatic carbocycles. The summed E-state index contributed by atoms with van der Waals surface area (Å²) in [5, 5.41) is 7.54. The standard InChI is InChI=1S/C30H23F5N6O2/c1-4-15(3)26(41-29(42)17-10-9-14(2)11-18(17)30(41)43)28-36-19-7-5-6-8-20(19)39(28)12-16-13-40(38-37-16)27-24(34)22(32)21(31)23(33)25(27)35/h5-11,13,15,26H,4,12H2,1-3H3/t15?,26-/m1/s1. The maximum Gasteiger partial charge on any atom is 0.262 e. The van der Waals surface area contributed by atoms with Crippen molar-refractivity contribution in [3.8, 4) is 5.69 Å². The molecule has 0 saturated carbocycles. The number of nitrogens with zero attached hydrogens (tertiary/aromatic N) is 6. The van der Waals surface area contributed by atoms with Gasteiger partial charge in [0.2, 0.25) is 5.82 Å². The van der Waals surface area contributed by atoms with Crippen molar-refractivity contribution in [2.45, 2.75) is 39.8 Å². The predicted octanol–water partition coefficient (Wildman–Crippen LogP) is 6.05. The summed E-state index contributed by atoms with van der Waals surface area (Å²) in [7, 11) is 0. The second-order valence-electron chi connectivity index (χ2n) is 10.5. The van der Waals surface area contributed by atoms with E-state index >= 15 is 0 Å². The van der Waals surface area contributed by atoms with Gasteiger partial charge in [0.1, 0.15) is 23.2 Å². The number of carbonyl (C=O) groups excluding carboxylic acids is 2. The van der Waals surface area contributed by atoms with Crippen LogP contribution in [0.5, 0.6) is 0 Å². The molecule has 0 aliphatic carbocycles. The Balaban J connectivity index is 1.46. The molecule has 0 bridgehead atoms. The van der Waals surface area contributed by atoms with Gasteiger partial charge in [0.05, 0.1) is 34.9 Å². The van der Waals surface area contributed by atoms with Gasteiger partial charge in [-0.2, -0.15) is 0 Å². The molecule has 2 amide bonds. The lowest BCUT2D eigenvalue weighted by Crippen LogP contribution is -2.39. The zero-order valence-electron chi connectivity index (χ0n) is 23.1. The topological polar surface area (TPSA) is 85.9 Å². The Bertz CT molecular complexity index is 1920. The summed E-state index contributed by atoms with van der Waals surface area (Å²) in [6.45, 7) is 5.53. The van der Waals surface area contributed by atoms with Crippen molar-refractivity contribution >= 4 is 22.8 Å². The van der Waals surface area contributed by atoms with Crippen molar-refractivity contribution < 1.29 is 31.5 Å². The number of rotatable bonds is 7. The number of benzene rings is 3. The van der Waals surface area contributed by atoms with Crippen molar-refractivity contribution in [2.24, 2.45) is 5.92 Å². The molecule has 3 heterocycles. The molecule has 43 heavy (non-hydrogen) atoms. The van der Waals surface area contributed by atoms with Gasteiger partial charge < -0.3 is 4.57 Å². The molecule has 1 aliphatic rings. The maximum absolute atomic E-state index is 14.5. The van der Waals surface area contributed by atoms with E-state index in [4.69, 9.17) is 4.98 Å². The third-order valence-corrected chi connectivity index (χ3v) is 7.76. The first-order valence-electron chi connectivity index (χ1n) is 13.4. The Hall–Kier alpha value is -4.94. The van der Waals surface area contributed by atoms with E-state index in [-0.39, 0.29) is 23.7 Å². The smallest absolute Gasteiger partial charge is 0.262 e. The Morgan fingerprint density at radius 1 is 0.860 bits per heavy atom. The lowest BCUT2D eigenvalue weighted by Gasteiger charge is -2.31. The van der Waals surface area contributed by atoms with Gasteiger partial charge in [0.15, 0.2) is 23.3 Å². The minimum Gasteiger partial charge on any atom is -0.320 e. The highest BCUT2D eigenvalue weighted by Gasteiger charge is 2.44. The van der Waals surface area contributed by atoms with E-state index in [2.05, 4.69) is 10.3 Å². The Morgan fingerprint density at radius 3 is 2.21 bits per heavy atom. The normalized spacial score (nSPS) is 14.6. The molecule has 0 saturated heterocycles. The third-order valence-electron chi connectivity index (χ3n) is 7.76. The molecular formula is C30H23F5N6O2. The number of imide groups is 1. The number of para-hydroxylation sites is 2. The Labute approximate surface area is 241 Å². The summed E-state index contributed by atoms with van der Waals surface area (Å²) in [6, 6.07) is 11.3.